The lowest BCUT2D eigenvalue weighted by Crippen LogP contribution is -2.53. The molecule has 0 aromatic rings. The largest absolute Gasteiger partial charge is 0.328 e. The first-order valence-corrected chi connectivity index (χ1v) is 4.37. The number of nitrogens with two attached hydrogens (primary N) is 1. The summed E-state index contributed by atoms with van der Waals surface area (Å²) in [7, 11) is 0. The predicted molar refractivity (Wildman–Crippen MR) is 42.6 cm³/mol. The van der Waals surface area contributed by atoms with Crippen molar-refractivity contribution in [1.29, 1.82) is 5.26 Å². The fourth-order valence-corrected chi connectivity index (χ4v) is 2.82. The molecule has 0 atom stereocenters. The van der Waals surface area contributed by atoms with Gasteiger partial charge in [0.05, 0.1) is 6.07 Å². The molecule has 0 bridgehead atoms. The van der Waals surface area contributed by atoms with Crippen molar-refractivity contribution in [3.8, 4) is 6.07 Å². The zero-order valence-corrected chi connectivity index (χ0v) is 6.71. The number of rotatable bonds is 1. The van der Waals surface area contributed by atoms with Gasteiger partial charge in [0.2, 0.25) is 0 Å². The first kappa shape index (κ1) is 7.12. The van der Waals surface area contributed by atoms with E-state index in [1.54, 1.807) is 0 Å². The maximum Gasteiger partial charge on any atom is 0.0624 e. The quantitative estimate of drug-likeness (QED) is 0.614. The van der Waals surface area contributed by atoms with E-state index in [0.717, 1.165) is 6.42 Å². The maximum atomic E-state index is 8.44. The highest BCUT2D eigenvalue weighted by Crippen LogP contribution is 2.58. The third-order valence-corrected chi connectivity index (χ3v) is 3.21. The molecule has 2 rings (SSSR count). The smallest absolute Gasteiger partial charge is 0.0624 e. The third-order valence-electron chi connectivity index (χ3n) is 3.21. The van der Waals surface area contributed by atoms with Crippen molar-refractivity contribution in [2.75, 3.05) is 0 Å². The molecule has 2 aliphatic carbocycles. The van der Waals surface area contributed by atoms with Crippen LogP contribution in [0.5, 0.6) is 0 Å². The Morgan fingerprint density at radius 2 is 2.00 bits per heavy atom. The van der Waals surface area contributed by atoms with E-state index in [4.69, 9.17) is 11.0 Å². The normalized spacial score (nSPS) is 47.6. The van der Waals surface area contributed by atoms with Crippen LogP contribution < -0.4 is 5.73 Å². The van der Waals surface area contributed by atoms with Crippen LogP contribution in [0.4, 0.5) is 0 Å². The van der Waals surface area contributed by atoms with Gasteiger partial charge in [-0.05, 0) is 37.0 Å². The SMILES string of the molecule is N#CCC1CC2(CC(N)C2)C1. The van der Waals surface area contributed by atoms with Crippen LogP contribution in [0.1, 0.15) is 32.1 Å². The molecule has 0 amide bonds. The topological polar surface area (TPSA) is 49.8 Å². The summed E-state index contributed by atoms with van der Waals surface area (Å²) in [5.74, 6) is 0.701. The summed E-state index contributed by atoms with van der Waals surface area (Å²) in [6.45, 7) is 0. The molecule has 0 aromatic carbocycles. The number of hydrogen-bond acceptors (Lipinski definition) is 2. The van der Waals surface area contributed by atoms with Crippen LogP contribution >= 0.6 is 0 Å². The maximum absolute atomic E-state index is 8.44. The summed E-state index contributed by atoms with van der Waals surface area (Å²) in [5.41, 5.74) is 6.33. The van der Waals surface area contributed by atoms with Crippen molar-refractivity contribution in [2.45, 2.75) is 38.1 Å². The second kappa shape index (κ2) is 2.22. The summed E-state index contributed by atoms with van der Waals surface area (Å²) >= 11 is 0. The Kier molecular flexibility index (Phi) is 1.43. The Hall–Kier alpha value is -0.550. The molecule has 2 heteroatoms. The Labute approximate surface area is 67.4 Å². The molecule has 0 saturated heterocycles. The van der Waals surface area contributed by atoms with Crippen LogP contribution in [0, 0.1) is 22.7 Å². The van der Waals surface area contributed by atoms with Gasteiger partial charge in [-0.1, -0.05) is 0 Å². The van der Waals surface area contributed by atoms with Gasteiger partial charge >= 0.3 is 0 Å². The standard InChI is InChI=1S/C9H14N2/c10-2-1-7-3-9(4-7)5-8(11)6-9/h7-8H,1,3-6,11H2. The summed E-state index contributed by atoms with van der Waals surface area (Å²) in [5, 5.41) is 8.44. The van der Waals surface area contributed by atoms with Crippen molar-refractivity contribution >= 4 is 0 Å². The van der Waals surface area contributed by atoms with Gasteiger partial charge in [-0.25, -0.2) is 0 Å². The molecule has 1 spiro atoms. The molecule has 2 aliphatic rings. The van der Waals surface area contributed by atoms with Gasteiger partial charge in [-0.15, -0.1) is 0 Å². The van der Waals surface area contributed by atoms with Crippen LogP contribution in [0.25, 0.3) is 0 Å². The van der Waals surface area contributed by atoms with Gasteiger partial charge in [-0.2, -0.15) is 5.26 Å². The van der Waals surface area contributed by atoms with Gasteiger partial charge in [0, 0.05) is 12.5 Å². The minimum absolute atomic E-state index is 0.470. The molecule has 0 aromatic heterocycles. The van der Waals surface area contributed by atoms with Crippen LogP contribution in [0.15, 0.2) is 0 Å². The Morgan fingerprint density at radius 1 is 1.36 bits per heavy atom. The first-order chi connectivity index (χ1) is 5.24. The van der Waals surface area contributed by atoms with Gasteiger partial charge in [-0.3, -0.25) is 0 Å². The fraction of sp³-hybridized carbons (Fsp3) is 0.889. The van der Waals surface area contributed by atoms with Crippen molar-refractivity contribution < 1.29 is 0 Å². The molecule has 2 fully saturated rings. The fourth-order valence-electron chi connectivity index (χ4n) is 2.82. The molecular formula is C9H14N2. The zero-order chi connectivity index (χ0) is 7.90. The molecule has 0 unspecified atom stereocenters. The van der Waals surface area contributed by atoms with E-state index in [0.29, 0.717) is 17.4 Å². The highest BCUT2D eigenvalue weighted by atomic mass is 14.7. The van der Waals surface area contributed by atoms with Crippen LogP contribution in [0.3, 0.4) is 0 Å². The molecule has 2 nitrogen and oxygen atoms in total. The summed E-state index contributed by atoms with van der Waals surface area (Å²) in [4.78, 5) is 0. The molecule has 11 heavy (non-hydrogen) atoms. The van der Waals surface area contributed by atoms with E-state index >= 15 is 0 Å². The van der Waals surface area contributed by atoms with Gasteiger partial charge < -0.3 is 5.73 Å². The second-order valence-electron chi connectivity index (χ2n) is 4.30. The Bertz CT molecular complexity index is 190. The monoisotopic (exact) mass is 150 g/mol. The highest BCUT2D eigenvalue weighted by molar-refractivity contribution is 5.05. The first-order valence-electron chi connectivity index (χ1n) is 4.37. The molecular weight excluding hydrogens is 136 g/mol. The van der Waals surface area contributed by atoms with Crippen LogP contribution in [-0.4, -0.2) is 6.04 Å². The minimum Gasteiger partial charge on any atom is -0.328 e. The van der Waals surface area contributed by atoms with E-state index in [1.165, 1.54) is 25.7 Å². The number of nitriles is 1. The molecule has 0 heterocycles. The van der Waals surface area contributed by atoms with Crippen molar-refractivity contribution in [3.63, 3.8) is 0 Å². The lowest BCUT2D eigenvalue weighted by Gasteiger charge is -2.56. The molecule has 2 N–H and O–H groups in total. The van der Waals surface area contributed by atoms with E-state index < -0.39 is 0 Å². The van der Waals surface area contributed by atoms with Crippen molar-refractivity contribution in [1.82, 2.24) is 0 Å². The highest BCUT2D eigenvalue weighted by Gasteiger charge is 2.51. The van der Waals surface area contributed by atoms with E-state index in [9.17, 15) is 0 Å². The van der Waals surface area contributed by atoms with Crippen molar-refractivity contribution in [3.05, 3.63) is 0 Å². The summed E-state index contributed by atoms with van der Waals surface area (Å²) < 4.78 is 0. The van der Waals surface area contributed by atoms with Crippen LogP contribution in [0.2, 0.25) is 0 Å². The van der Waals surface area contributed by atoms with Crippen LogP contribution in [-0.2, 0) is 0 Å². The Balaban J connectivity index is 1.77. The summed E-state index contributed by atoms with van der Waals surface area (Å²) in [6.07, 6.45) is 5.74. The lowest BCUT2D eigenvalue weighted by molar-refractivity contribution is -0.0368. The van der Waals surface area contributed by atoms with E-state index in [1.807, 2.05) is 0 Å². The molecule has 0 radical (unpaired) electrons. The van der Waals surface area contributed by atoms with E-state index in [-0.39, 0.29) is 0 Å². The zero-order valence-electron chi connectivity index (χ0n) is 6.71. The van der Waals surface area contributed by atoms with E-state index in [2.05, 4.69) is 6.07 Å². The van der Waals surface area contributed by atoms with Gasteiger partial charge in [0.25, 0.3) is 0 Å². The lowest BCUT2D eigenvalue weighted by atomic mass is 9.50. The molecule has 0 aliphatic heterocycles. The van der Waals surface area contributed by atoms with Crippen molar-refractivity contribution in [2.24, 2.45) is 17.1 Å². The Morgan fingerprint density at radius 3 is 2.45 bits per heavy atom. The number of hydrogen-bond donors (Lipinski definition) is 1. The average Bonchev–Trinajstić information content (AvgIpc) is 1.80. The third kappa shape index (κ3) is 1.04. The minimum atomic E-state index is 0.470. The van der Waals surface area contributed by atoms with Gasteiger partial charge in [0.15, 0.2) is 0 Å². The van der Waals surface area contributed by atoms with Gasteiger partial charge in [0.1, 0.15) is 0 Å². The molecule has 2 saturated carbocycles. The summed E-state index contributed by atoms with van der Waals surface area (Å²) in [6, 6.07) is 2.71. The predicted octanol–water partition coefficient (Wildman–Crippen LogP) is 1.42. The number of nitrogens with zero attached hydrogens (tertiary/aromatic N) is 1. The average molecular weight is 150 g/mol. The molecule has 60 valence electrons. The second-order valence-corrected chi connectivity index (χ2v) is 4.30.